The molecule has 1 aromatic carbocycles. The highest BCUT2D eigenvalue weighted by Gasteiger charge is 2.30. The minimum atomic E-state index is -0.253. The predicted molar refractivity (Wildman–Crippen MR) is 121 cm³/mol. The average molecular weight is 444 g/mol. The van der Waals surface area contributed by atoms with E-state index in [9.17, 15) is 9.59 Å². The second-order valence-corrected chi connectivity index (χ2v) is 8.80. The van der Waals surface area contributed by atoms with E-state index in [-0.39, 0.29) is 17.8 Å². The van der Waals surface area contributed by atoms with E-state index in [4.69, 9.17) is 14.5 Å². The fourth-order valence-corrected chi connectivity index (χ4v) is 5.16. The lowest BCUT2D eigenvalue weighted by Crippen LogP contribution is -2.42. The summed E-state index contributed by atoms with van der Waals surface area (Å²) in [6.07, 6.45) is 3.95. The first-order valence-electron chi connectivity index (χ1n) is 11.0. The van der Waals surface area contributed by atoms with Crippen LogP contribution in [0.5, 0.6) is 5.75 Å². The van der Waals surface area contributed by atoms with Gasteiger partial charge in [-0.25, -0.2) is 4.98 Å². The zero-order chi connectivity index (χ0) is 21.8. The Kier molecular flexibility index (Phi) is 6.75. The standard InChI is InChI=1S/C23H29N3O4S/c1-3-30-22(28)17-7-6-12-26(14-17)21(27)16-8-9-20(29-2)18(13-16)19-15-31-23(24-19)25-10-4-5-11-25/h8-9,13,15,17H,3-7,10-12,14H2,1-2H3. The second kappa shape index (κ2) is 9.68. The molecule has 2 aromatic rings. The summed E-state index contributed by atoms with van der Waals surface area (Å²) in [5.74, 6) is 0.148. The highest BCUT2D eigenvalue weighted by Crippen LogP contribution is 2.35. The summed E-state index contributed by atoms with van der Waals surface area (Å²) in [7, 11) is 1.63. The molecule has 3 heterocycles. The van der Waals surface area contributed by atoms with E-state index in [0.29, 0.717) is 31.0 Å². The number of likely N-dealkylation sites (tertiary alicyclic amines) is 1. The highest BCUT2D eigenvalue weighted by atomic mass is 32.1. The predicted octanol–water partition coefficient (Wildman–Crippen LogP) is 3.83. The van der Waals surface area contributed by atoms with Crippen LogP contribution in [-0.4, -0.2) is 61.7 Å². The number of methoxy groups -OCH3 is 1. The van der Waals surface area contributed by atoms with Gasteiger partial charge in [-0.1, -0.05) is 0 Å². The van der Waals surface area contributed by atoms with Crippen LogP contribution >= 0.6 is 11.3 Å². The van der Waals surface area contributed by atoms with Gasteiger partial charge in [-0.3, -0.25) is 9.59 Å². The molecule has 31 heavy (non-hydrogen) atoms. The number of amides is 1. The number of piperidine rings is 1. The first kappa shape index (κ1) is 21.6. The molecule has 0 aliphatic carbocycles. The number of anilines is 1. The maximum absolute atomic E-state index is 13.2. The molecule has 2 fully saturated rings. The number of benzene rings is 1. The minimum absolute atomic E-state index is 0.0760. The Morgan fingerprint density at radius 2 is 2.00 bits per heavy atom. The number of carbonyl (C=O) groups excluding carboxylic acids is 2. The first-order valence-corrected chi connectivity index (χ1v) is 11.8. The van der Waals surface area contributed by atoms with Crippen molar-refractivity contribution in [3.8, 4) is 17.0 Å². The van der Waals surface area contributed by atoms with Crippen molar-refractivity contribution in [3.05, 3.63) is 29.1 Å². The van der Waals surface area contributed by atoms with Gasteiger partial charge in [-0.05, 0) is 50.8 Å². The lowest BCUT2D eigenvalue weighted by Gasteiger charge is -2.31. The summed E-state index contributed by atoms with van der Waals surface area (Å²) < 4.78 is 10.7. The molecule has 1 aromatic heterocycles. The second-order valence-electron chi connectivity index (χ2n) is 7.97. The quantitative estimate of drug-likeness (QED) is 0.632. The molecule has 4 rings (SSSR count). The van der Waals surface area contributed by atoms with Crippen LogP contribution in [0.1, 0.15) is 43.0 Å². The largest absolute Gasteiger partial charge is 0.496 e. The molecule has 0 N–H and O–H groups in total. The molecule has 1 atom stereocenters. The van der Waals surface area contributed by atoms with Gasteiger partial charge in [0.25, 0.3) is 5.91 Å². The topological polar surface area (TPSA) is 72.0 Å². The zero-order valence-corrected chi connectivity index (χ0v) is 19.0. The van der Waals surface area contributed by atoms with Gasteiger partial charge in [-0.15, -0.1) is 11.3 Å². The van der Waals surface area contributed by atoms with Gasteiger partial charge in [0.2, 0.25) is 0 Å². The van der Waals surface area contributed by atoms with E-state index in [0.717, 1.165) is 42.3 Å². The number of thiazole rings is 1. The average Bonchev–Trinajstić information content (AvgIpc) is 3.50. The molecule has 2 aliphatic rings. The third-order valence-electron chi connectivity index (χ3n) is 5.92. The van der Waals surface area contributed by atoms with Crippen molar-refractivity contribution < 1.29 is 19.1 Å². The van der Waals surface area contributed by atoms with Crippen molar-refractivity contribution in [2.45, 2.75) is 32.6 Å². The Balaban J connectivity index is 1.55. The maximum Gasteiger partial charge on any atom is 0.310 e. The third kappa shape index (κ3) is 4.69. The van der Waals surface area contributed by atoms with Crippen molar-refractivity contribution in [3.63, 3.8) is 0 Å². The minimum Gasteiger partial charge on any atom is -0.496 e. The Bertz CT molecular complexity index is 939. The molecule has 2 saturated heterocycles. The van der Waals surface area contributed by atoms with Gasteiger partial charge < -0.3 is 19.3 Å². The Morgan fingerprint density at radius 3 is 2.74 bits per heavy atom. The number of aromatic nitrogens is 1. The smallest absolute Gasteiger partial charge is 0.310 e. The van der Waals surface area contributed by atoms with Crippen LogP contribution < -0.4 is 9.64 Å². The van der Waals surface area contributed by atoms with Gasteiger partial charge in [-0.2, -0.15) is 0 Å². The number of nitrogens with zero attached hydrogens (tertiary/aromatic N) is 3. The molecular formula is C23H29N3O4S. The van der Waals surface area contributed by atoms with E-state index in [2.05, 4.69) is 4.90 Å². The van der Waals surface area contributed by atoms with Crippen LogP contribution in [0.15, 0.2) is 23.6 Å². The van der Waals surface area contributed by atoms with Gasteiger partial charge in [0.05, 0.1) is 25.3 Å². The molecule has 7 nitrogen and oxygen atoms in total. The van der Waals surface area contributed by atoms with Crippen molar-refractivity contribution in [1.29, 1.82) is 0 Å². The van der Waals surface area contributed by atoms with Gasteiger partial charge in [0.1, 0.15) is 5.75 Å². The SMILES string of the molecule is CCOC(=O)C1CCCN(C(=O)c2ccc(OC)c(-c3csc(N4CCCC4)n3)c2)C1. The lowest BCUT2D eigenvalue weighted by atomic mass is 9.97. The summed E-state index contributed by atoms with van der Waals surface area (Å²) >= 11 is 1.62. The van der Waals surface area contributed by atoms with E-state index in [1.54, 1.807) is 36.3 Å². The van der Waals surface area contributed by atoms with Crippen molar-refractivity contribution in [2.75, 3.05) is 44.8 Å². The molecule has 1 amide bonds. The van der Waals surface area contributed by atoms with E-state index >= 15 is 0 Å². The van der Waals surface area contributed by atoms with Crippen LogP contribution in [-0.2, 0) is 9.53 Å². The molecule has 2 aliphatic heterocycles. The highest BCUT2D eigenvalue weighted by molar-refractivity contribution is 7.14. The van der Waals surface area contributed by atoms with E-state index in [1.165, 1.54) is 12.8 Å². The number of esters is 1. The summed E-state index contributed by atoms with van der Waals surface area (Å²) in [4.78, 5) is 34.3. The normalized spacial score (nSPS) is 18.8. The lowest BCUT2D eigenvalue weighted by molar-refractivity contribution is -0.149. The van der Waals surface area contributed by atoms with Crippen molar-refractivity contribution in [2.24, 2.45) is 5.92 Å². The molecular weight excluding hydrogens is 414 g/mol. The first-order chi connectivity index (χ1) is 15.1. The zero-order valence-electron chi connectivity index (χ0n) is 18.1. The van der Waals surface area contributed by atoms with Crippen LogP contribution in [0.2, 0.25) is 0 Å². The summed E-state index contributed by atoms with van der Waals surface area (Å²) in [6, 6.07) is 5.47. The molecule has 166 valence electrons. The third-order valence-corrected chi connectivity index (χ3v) is 6.82. The molecule has 0 radical (unpaired) electrons. The van der Waals surface area contributed by atoms with Gasteiger partial charge >= 0.3 is 5.97 Å². The van der Waals surface area contributed by atoms with Crippen molar-refractivity contribution >= 4 is 28.3 Å². The Labute approximate surface area is 187 Å². The van der Waals surface area contributed by atoms with E-state index in [1.807, 2.05) is 17.5 Å². The van der Waals surface area contributed by atoms with E-state index < -0.39 is 0 Å². The Hall–Kier alpha value is -2.61. The number of carbonyl (C=O) groups is 2. The number of rotatable bonds is 6. The Morgan fingerprint density at radius 1 is 1.19 bits per heavy atom. The monoisotopic (exact) mass is 443 g/mol. The van der Waals surface area contributed by atoms with Crippen LogP contribution in [0.4, 0.5) is 5.13 Å². The van der Waals surface area contributed by atoms with Crippen LogP contribution in [0.25, 0.3) is 11.3 Å². The molecule has 0 spiro atoms. The molecule has 0 saturated carbocycles. The van der Waals surface area contributed by atoms with Crippen molar-refractivity contribution in [1.82, 2.24) is 9.88 Å². The summed E-state index contributed by atoms with van der Waals surface area (Å²) in [6.45, 7) is 5.29. The summed E-state index contributed by atoms with van der Waals surface area (Å²) in [5.41, 5.74) is 2.21. The number of hydrogen-bond donors (Lipinski definition) is 0. The summed E-state index contributed by atoms with van der Waals surface area (Å²) in [5, 5.41) is 3.04. The molecule has 0 bridgehead atoms. The fraction of sp³-hybridized carbons (Fsp3) is 0.522. The molecule has 1 unspecified atom stereocenters. The van der Waals surface area contributed by atoms with Crippen LogP contribution in [0, 0.1) is 5.92 Å². The maximum atomic E-state index is 13.2. The van der Waals surface area contributed by atoms with Gasteiger partial charge in [0, 0.05) is 42.7 Å². The number of hydrogen-bond acceptors (Lipinski definition) is 7. The van der Waals surface area contributed by atoms with Crippen LogP contribution in [0.3, 0.4) is 0 Å². The van der Waals surface area contributed by atoms with Gasteiger partial charge in [0.15, 0.2) is 5.13 Å². The fourth-order valence-electron chi connectivity index (χ4n) is 4.28. The number of ether oxygens (including phenoxy) is 2. The molecule has 8 heteroatoms.